The summed E-state index contributed by atoms with van der Waals surface area (Å²) in [6.07, 6.45) is 0.561. The van der Waals surface area contributed by atoms with Crippen molar-refractivity contribution in [3.63, 3.8) is 0 Å². The molecule has 18 heavy (non-hydrogen) atoms. The van der Waals surface area contributed by atoms with E-state index in [1.807, 2.05) is 0 Å². The average molecular weight is 247 g/mol. The molecule has 5 nitrogen and oxygen atoms in total. The maximum atomic E-state index is 12.0. The molecular weight excluding hydrogens is 234 g/mol. The first-order valence-electron chi connectivity index (χ1n) is 5.58. The standard InChI is InChI=1S/C13H13NO4/c1-8(15)14-6-5-9-7-10(13(17)18-2)3-4-11(9)12(14)16/h3-4,7H,5-6H2,1-2H3. The SMILES string of the molecule is COC(=O)c1ccc2c(c1)CCN(C(C)=O)C2=O. The van der Waals surface area contributed by atoms with Crippen molar-refractivity contribution in [2.75, 3.05) is 13.7 Å². The average Bonchev–Trinajstić information content (AvgIpc) is 2.37. The Morgan fingerprint density at radius 1 is 1.33 bits per heavy atom. The first kappa shape index (κ1) is 12.3. The maximum Gasteiger partial charge on any atom is 0.337 e. The Morgan fingerprint density at radius 2 is 2.06 bits per heavy atom. The zero-order valence-corrected chi connectivity index (χ0v) is 10.2. The highest BCUT2D eigenvalue weighted by Gasteiger charge is 2.27. The molecule has 0 saturated carbocycles. The molecule has 0 unspecified atom stereocenters. The van der Waals surface area contributed by atoms with Crippen LogP contribution in [0.25, 0.3) is 0 Å². The summed E-state index contributed by atoms with van der Waals surface area (Å²) in [5, 5.41) is 0. The van der Waals surface area contributed by atoms with Crippen LogP contribution in [-0.4, -0.2) is 36.3 Å². The molecule has 0 N–H and O–H groups in total. The molecule has 0 bridgehead atoms. The minimum absolute atomic E-state index is 0.261. The number of carbonyl (C=O) groups excluding carboxylic acids is 3. The summed E-state index contributed by atoms with van der Waals surface area (Å²) >= 11 is 0. The quantitative estimate of drug-likeness (QED) is 0.695. The fourth-order valence-electron chi connectivity index (χ4n) is 2.03. The van der Waals surface area contributed by atoms with E-state index in [9.17, 15) is 14.4 Å². The normalized spacial score (nSPS) is 14.1. The lowest BCUT2D eigenvalue weighted by Crippen LogP contribution is -2.40. The van der Waals surface area contributed by atoms with Gasteiger partial charge in [0, 0.05) is 19.0 Å². The van der Waals surface area contributed by atoms with Crippen molar-refractivity contribution in [1.82, 2.24) is 4.90 Å². The van der Waals surface area contributed by atoms with E-state index >= 15 is 0 Å². The summed E-state index contributed by atoms with van der Waals surface area (Å²) in [7, 11) is 1.31. The zero-order chi connectivity index (χ0) is 13.3. The van der Waals surface area contributed by atoms with Gasteiger partial charge >= 0.3 is 5.97 Å². The second kappa shape index (κ2) is 4.60. The van der Waals surface area contributed by atoms with Crippen LogP contribution in [0.3, 0.4) is 0 Å². The van der Waals surface area contributed by atoms with Gasteiger partial charge < -0.3 is 4.74 Å². The van der Waals surface area contributed by atoms with Crippen LogP contribution in [0.5, 0.6) is 0 Å². The van der Waals surface area contributed by atoms with Gasteiger partial charge in [0.25, 0.3) is 5.91 Å². The molecule has 0 fully saturated rings. The van der Waals surface area contributed by atoms with Crippen molar-refractivity contribution in [2.45, 2.75) is 13.3 Å². The molecule has 0 spiro atoms. The van der Waals surface area contributed by atoms with Gasteiger partial charge in [-0.1, -0.05) is 0 Å². The number of fused-ring (bicyclic) bond motifs is 1. The summed E-state index contributed by atoms with van der Waals surface area (Å²) in [5.41, 5.74) is 1.67. The summed E-state index contributed by atoms with van der Waals surface area (Å²) in [6.45, 7) is 1.72. The third-order valence-corrected chi connectivity index (χ3v) is 2.99. The van der Waals surface area contributed by atoms with E-state index < -0.39 is 5.97 Å². The molecular formula is C13H13NO4. The summed E-state index contributed by atoms with van der Waals surface area (Å²) in [5.74, 6) is -0.998. The van der Waals surface area contributed by atoms with Crippen LogP contribution in [0.1, 0.15) is 33.2 Å². The summed E-state index contributed by atoms with van der Waals surface area (Å²) < 4.78 is 4.63. The predicted molar refractivity (Wildman–Crippen MR) is 63.2 cm³/mol. The van der Waals surface area contributed by atoms with Crippen LogP contribution in [0.2, 0.25) is 0 Å². The van der Waals surface area contributed by atoms with Gasteiger partial charge in [-0.05, 0) is 30.2 Å². The minimum Gasteiger partial charge on any atom is -0.465 e. The van der Waals surface area contributed by atoms with E-state index in [0.717, 1.165) is 5.56 Å². The fourth-order valence-corrected chi connectivity index (χ4v) is 2.03. The third-order valence-electron chi connectivity index (χ3n) is 2.99. The summed E-state index contributed by atoms with van der Waals surface area (Å²) in [4.78, 5) is 35.9. The van der Waals surface area contributed by atoms with Crippen molar-refractivity contribution in [2.24, 2.45) is 0 Å². The number of rotatable bonds is 1. The smallest absolute Gasteiger partial charge is 0.337 e. The number of imide groups is 1. The van der Waals surface area contributed by atoms with E-state index in [4.69, 9.17) is 0 Å². The Kier molecular flexibility index (Phi) is 3.14. The summed E-state index contributed by atoms with van der Waals surface area (Å²) in [6, 6.07) is 4.75. The molecule has 1 aliphatic rings. The van der Waals surface area contributed by atoms with Crippen LogP contribution in [0, 0.1) is 0 Å². The van der Waals surface area contributed by atoms with E-state index in [1.54, 1.807) is 12.1 Å². The van der Waals surface area contributed by atoms with Crippen LogP contribution in [-0.2, 0) is 16.0 Å². The van der Waals surface area contributed by atoms with E-state index in [1.165, 1.54) is 25.0 Å². The highest BCUT2D eigenvalue weighted by molar-refractivity contribution is 6.06. The van der Waals surface area contributed by atoms with Gasteiger partial charge in [0.15, 0.2) is 0 Å². The first-order valence-corrected chi connectivity index (χ1v) is 5.58. The molecule has 1 aromatic carbocycles. The Morgan fingerprint density at radius 3 is 2.67 bits per heavy atom. The number of methoxy groups -OCH3 is 1. The number of amides is 2. The third kappa shape index (κ3) is 1.99. The first-order chi connectivity index (χ1) is 8.54. The minimum atomic E-state index is -0.431. The largest absolute Gasteiger partial charge is 0.465 e. The van der Waals surface area contributed by atoms with Gasteiger partial charge in [0.2, 0.25) is 5.91 Å². The zero-order valence-electron chi connectivity index (χ0n) is 10.2. The lowest BCUT2D eigenvalue weighted by molar-refractivity contribution is -0.126. The monoisotopic (exact) mass is 247 g/mol. The van der Waals surface area contributed by atoms with Gasteiger partial charge in [0.1, 0.15) is 0 Å². The second-order valence-corrected chi connectivity index (χ2v) is 4.09. The number of hydrogen-bond donors (Lipinski definition) is 0. The number of carbonyl (C=O) groups is 3. The predicted octanol–water partition coefficient (Wildman–Crippen LogP) is 1.02. The molecule has 2 rings (SSSR count). The van der Waals surface area contributed by atoms with Crippen molar-refractivity contribution < 1.29 is 19.1 Å². The molecule has 2 amide bonds. The molecule has 1 aliphatic heterocycles. The lowest BCUT2D eigenvalue weighted by atomic mass is 9.96. The molecule has 1 aromatic rings. The highest BCUT2D eigenvalue weighted by atomic mass is 16.5. The topological polar surface area (TPSA) is 63.7 Å². The Balaban J connectivity index is 2.38. The molecule has 0 aromatic heterocycles. The highest BCUT2D eigenvalue weighted by Crippen LogP contribution is 2.21. The number of ether oxygens (including phenoxy) is 1. The maximum absolute atomic E-state index is 12.0. The van der Waals surface area contributed by atoms with Crippen molar-refractivity contribution in [1.29, 1.82) is 0 Å². The Bertz CT molecular complexity index is 536. The van der Waals surface area contributed by atoms with Crippen LogP contribution in [0.15, 0.2) is 18.2 Å². The number of hydrogen-bond acceptors (Lipinski definition) is 4. The lowest BCUT2D eigenvalue weighted by Gasteiger charge is -2.26. The van der Waals surface area contributed by atoms with Crippen LogP contribution >= 0.6 is 0 Å². The Hall–Kier alpha value is -2.17. The molecule has 0 aliphatic carbocycles. The number of benzene rings is 1. The van der Waals surface area contributed by atoms with Gasteiger partial charge in [-0.15, -0.1) is 0 Å². The van der Waals surface area contributed by atoms with E-state index in [0.29, 0.717) is 24.1 Å². The molecule has 0 radical (unpaired) electrons. The van der Waals surface area contributed by atoms with E-state index in [2.05, 4.69) is 4.74 Å². The van der Waals surface area contributed by atoms with Crippen molar-refractivity contribution in [3.05, 3.63) is 34.9 Å². The van der Waals surface area contributed by atoms with Gasteiger partial charge in [-0.25, -0.2) is 4.79 Å². The number of nitrogens with zero attached hydrogens (tertiary/aromatic N) is 1. The van der Waals surface area contributed by atoms with Crippen molar-refractivity contribution >= 4 is 17.8 Å². The number of esters is 1. The van der Waals surface area contributed by atoms with E-state index in [-0.39, 0.29) is 11.8 Å². The Labute approximate surface area is 104 Å². The molecule has 0 saturated heterocycles. The van der Waals surface area contributed by atoms with Gasteiger partial charge in [-0.3, -0.25) is 14.5 Å². The van der Waals surface area contributed by atoms with Gasteiger partial charge in [0.05, 0.1) is 12.7 Å². The molecule has 5 heteroatoms. The van der Waals surface area contributed by atoms with Gasteiger partial charge in [-0.2, -0.15) is 0 Å². The van der Waals surface area contributed by atoms with Crippen LogP contribution < -0.4 is 0 Å². The van der Waals surface area contributed by atoms with Crippen LogP contribution in [0.4, 0.5) is 0 Å². The second-order valence-electron chi connectivity index (χ2n) is 4.09. The fraction of sp³-hybridized carbons (Fsp3) is 0.308. The molecule has 1 heterocycles. The molecule has 0 atom stereocenters. The van der Waals surface area contributed by atoms with Crippen molar-refractivity contribution in [3.8, 4) is 0 Å². The molecule has 94 valence electrons.